The van der Waals surface area contributed by atoms with Gasteiger partial charge in [0.1, 0.15) is 5.82 Å². The lowest BCUT2D eigenvalue weighted by molar-refractivity contribution is -0.113. The molecule has 6 heteroatoms. The molecule has 5 nitrogen and oxygen atoms in total. The predicted molar refractivity (Wildman–Crippen MR) is 117 cm³/mol. The van der Waals surface area contributed by atoms with E-state index in [1.165, 1.54) is 6.08 Å². The SMILES string of the molecule is C=CC(=O)N(c1ccc(N(C)[C@@]2(C)CCOC2)cn1)c1cc(C)c(Br)cc1C. The Bertz CT molecular complexity index is 889. The second-order valence-electron chi connectivity index (χ2n) is 7.50. The van der Waals surface area contributed by atoms with Crippen LogP contribution in [0.2, 0.25) is 0 Å². The highest BCUT2D eigenvalue weighted by Gasteiger charge is 2.34. The number of likely N-dealkylation sites (N-methyl/N-ethyl adjacent to an activating group) is 1. The Morgan fingerprint density at radius 1 is 1.32 bits per heavy atom. The van der Waals surface area contributed by atoms with Gasteiger partial charge in [0.15, 0.2) is 0 Å². The Kier molecular flexibility index (Phi) is 5.91. The first kappa shape index (κ1) is 20.6. The molecule has 0 N–H and O–H groups in total. The van der Waals surface area contributed by atoms with Crippen molar-refractivity contribution in [2.75, 3.05) is 30.1 Å². The van der Waals surface area contributed by atoms with Crippen molar-refractivity contribution in [2.24, 2.45) is 0 Å². The number of carbonyl (C=O) groups is 1. The summed E-state index contributed by atoms with van der Waals surface area (Å²) in [4.78, 5) is 21.1. The van der Waals surface area contributed by atoms with Crippen molar-refractivity contribution in [1.29, 1.82) is 0 Å². The molecule has 1 saturated heterocycles. The van der Waals surface area contributed by atoms with Gasteiger partial charge in [-0.3, -0.25) is 9.69 Å². The Hall–Kier alpha value is -2.18. The molecule has 0 aliphatic carbocycles. The third-order valence-electron chi connectivity index (χ3n) is 5.47. The molecule has 0 radical (unpaired) electrons. The fourth-order valence-corrected chi connectivity index (χ4v) is 3.85. The van der Waals surface area contributed by atoms with Crippen LogP contribution in [0.25, 0.3) is 0 Å². The summed E-state index contributed by atoms with van der Waals surface area (Å²) in [7, 11) is 2.06. The van der Waals surface area contributed by atoms with Crippen LogP contribution in [-0.2, 0) is 9.53 Å². The molecule has 0 spiro atoms. The van der Waals surface area contributed by atoms with Crippen LogP contribution in [0, 0.1) is 13.8 Å². The lowest BCUT2D eigenvalue weighted by Crippen LogP contribution is -2.44. The summed E-state index contributed by atoms with van der Waals surface area (Å²) in [5, 5.41) is 0. The number of aromatic nitrogens is 1. The van der Waals surface area contributed by atoms with Gasteiger partial charge in [0, 0.05) is 18.1 Å². The van der Waals surface area contributed by atoms with Crippen molar-refractivity contribution in [3.05, 3.63) is 58.7 Å². The highest BCUT2D eigenvalue weighted by atomic mass is 79.9. The number of halogens is 1. The minimum Gasteiger partial charge on any atom is -0.379 e. The molecule has 148 valence electrons. The van der Waals surface area contributed by atoms with Crippen molar-refractivity contribution < 1.29 is 9.53 Å². The van der Waals surface area contributed by atoms with Crippen molar-refractivity contribution in [3.63, 3.8) is 0 Å². The average Bonchev–Trinajstić information content (AvgIpc) is 3.13. The standard InChI is InChI=1S/C22H26BrN3O2/c1-6-21(27)26(19-12-15(2)18(23)11-16(19)3)20-8-7-17(13-24-20)25(5)22(4)9-10-28-14-22/h6-8,11-13H,1,9-10,14H2,2-5H3/t22-/m0/s1. The fourth-order valence-electron chi connectivity index (χ4n) is 3.39. The number of carbonyl (C=O) groups excluding carboxylic acids is 1. The summed E-state index contributed by atoms with van der Waals surface area (Å²) in [6, 6.07) is 7.87. The molecular weight excluding hydrogens is 418 g/mol. The number of pyridine rings is 1. The quantitative estimate of drug-likeness (QED) is 0.614. The van der Waals surface area contributed by atoms with E-state index in [2.05, 4.69) is 46.4 Å². The molecule has 0 saturated carbocycles. The van der Waals surface area contributed by atoms with Crippen LogP contribution in [0.4, 0.5) is 17.2 Å². The van der Waals surface area contributed by atoms with Gasteiger partial charge in [0.25, 0.3) is 5.91 Å². The second kappa shape index (κ2) is 8.05. The van der Waals surface area contributed by atoms with Crippen LogP contribution in [0.1, 0.15) is 24.5 Å². The van der Waals surface area contributed by atoms with E-state index in [1.807, 2.05) is 44.3 Å². The summed E-state index contributed by atoms with van der Waals surface area (Å²) in [6.07, 6.45) is 4.10. The van der Waals surface area contributed by atoms with E-state index in [1.54, 1.807) is 4.90 Å². The zero-order chi connectivity index (χ0) is 20.5. The van der Waals surface area contributed by atoms with Gasteiger partial charge in [-0.1, -0.05) is 22.5 Å². The highest BCUT2D eigenvalue weighted by Crippen LogP contribution is 2.34. The maximum Gasteiger partial charge on any atom is 0.256 e. The van der Waals surface area contributed by atoms with E-state index in [0.717, 1.165) is 40.0 Å². The summed E-state index contributed by atoms with van der Waals surface area (Å²) in [5.41, 5.74) is 3.78. The Morgan fingerprint density at radius 3 is 2.64 bits per heavy atom. The first-order chi connectivity index (χ1) is 13.3. The molecule has 1 aliphatic heterocycles. The minimum absolute atomic E-state index is 0.0424. The van der Waals surface area contributed by atoms with Gasteiger partial charge < -0.3 is 9.64 Å². The molecule has 0 unspecified atom stereocenters. The van der Waals surface area contributed by atoms with Crippen LogP contribution in [-0.4, -0.2) is 36.7 Å². The Morgan fingerprint density at radius 2 is 2.07 bits per heavy atom. The topological polar surface area (TPSA) is 45.7 Å². The van der Waals surface area contributed by atoms with Crippen molar-refractivity contribution in [3.8, 4) is 0 Å². The number of rotatable bonds is 5. The van der Waals surface area contributed by atoms with Gasteiger partial charge in [0.05, 0.1) is 29.7 Å². The monoisotopic (exact) mass is 443 g/mol. The number of hydrogen-bond donors (Lipinski definition) is 0. The Balaban J connectivity index is 1.97. The second-order valence-corrected chi connectivity index (χ2v) is 8.35. The first-order valence-electron chi connectivity index (χ1n) is 9.28. The van der Waals surface area contributed by atoms with E-state index in [4.69, 9.17) is 4.74 Å². The van der Waals surface area contributed by atoms with Gasteiger partial charge in [-0.25, -0.2) is 4.98 Å². The normalized spacial score (nSPS) is 18.8. The number of ether oxygens (including phenoxy) is 1. The Labute approximate surface area is 175 Å². The van der Waals surface area contributed by atoms with Crippen molar-refractivity contribution in [1.82, 2.24) is 4.98 Å². The zero-order valence-electron chi connectivity index (χ0n) is 16.8. The maximum absolute atomic E-state index is 12.7. The zero-order valence-corrected chi connectivity index (χ0v) is 18.4. The minimum atomic E-state index is -0.213. The molecule has 3 rings (SSSR count). The van der Waals surface area contributed by atoms with Crippen molar-refractivity contribution in [2.45, 2.75) is 32.7 Å². The van der Waals surface area contributed by atoms with E-state index < -0.39 is 0 Å². The molecule has 1 fully saturated rings. The molecule has 1 aliphatic rings. The molecule has 28 heavy (non-hydrogen) atoms. The van der Waals surface area contributed by atoms with Gasteiger partial charge in [0.2, 0.25) is 0 Å². The number of anilines is 3. The molecule has 1 amide bonds. The van der Waals surface area contributed by atoms with Crippen LogP contribution in [0.5, 0.6) is 0 Å². The predicted octanol–water partition coefficient (Wildman–Crippen LogP) is 4.93. The number of aryl methyl sites for hydroxylation is 2. The molecule has 1 aromatic heterocycles. The molecular formula is C22H26BrN3O2. The van der Waals surface area contributed by atoms with E-state index in [-0.39, 0.29) is 11.4 Å². The summed E-state index contributed by atoms with van der Waals surface area (Å²) >= 11 is 3.55. The molecule has 1 aromatic carbocycles. The largest absolute Gasteiger partial charge is 0.379 e. The average molecular weight is 444 g/mol. The van der Waals surface area contributed by atoms with E-state index in [9.17, 15) is 4.79 Å². The molecule has 0 bridgehead atoms. The van der Waals surface area contributed by atoms with Crippen molar-refractivity contribution >= 4 is 39.0 Å². The van der Waals surface area contributed by atoms with Gasteiger partial charge in [-0.05, 0) is 68.7 Å². The third-order valence-corrected chi connectivity index (χ3v) is 6.32. The third kappa shape index (κ3) is 3.84. The molecule has 2 aromatic rings. The van der Waals surface area contributed by atoms with Crippen LogP contribution in [0.15, 0.2) is 47.6 Å². The van der Waals surface area contributed by atoms with Gasteiger partial charge in [-0.2, -0.15) is 0 Å². The summed E-state index contributed by atoms with van der Waals surface area (Å²) in [5.74, 6) is 0.356. The lowest BCUT2D eigenvalue weighted by atomic mass is 9.99. The molecule has 2 heterocycles. The van der Waals surface area contributed by atoms with Gasteiger partial charge in [-0.15, -0.1) is 0 Å². The van der Waals surface area contributed by atoms with Gasteiger partial charge >= 0.3 is 0 Å². The van der Waals surface area contributed by atoms with Crippen LogP contribution >= 0.6 is 15.9 Å². The lowest BCUT2D eigenvalue weighted by Gasteiger charge is -2.36. The smallest absolute Gasteiger partial charge is 0.256 e. The maximum atomic E-state index is 12.7. The summed E-state index contributed by atoms with van der Waals surface area (Å²) < 4.78 is 6.58. The summed E-state index contributed by atoms with van der Waals surface area (Å²) in [6.45, 7) is 11.3. The van der Waals surface area contributed by atoms with E-state index in [0.29, 0.717) is 12.4 Å². The van der Waals surface area contributed by atoms with Crippen LogP contribution < -0.4 is 9.80 Å². The number of benzene rings is 1. The molecule has 1 atom stereocenters. The van der Waals surface area contributed by atoms with Crippen LogP contribution in [0.3, 0.4) is 0 Å². The van der Waals surface area contributed by atoms with E-state index >= 15 is 0 Å². The number of amides is 1. The number of hydrogen-bond acceptors (Lipinski definition) is 4. The number of nitrogens with zero attached hydrogens (tertiary/aromatic N) is 3. The fraction of sp³-hybridized carbons (Fsp3) is 0.364. The first-order valence-corrected chi connectivity index (χ1v) is 10.1. The highest BCUT2D eigenvalue weighted by molar-refractivity contribution is 9.10.